The van der Waals surface area contributed by atoms with Crippen molar-refractivity contribution in [2.75, 3.05) is 0 Å². The lowest BCUT2D eigenvalue weighted by molar-refractivity contribution is -0.161. The van der Waals surface area contributed by atoms with Crippen LogP contribution in [0.15, 0.2) is 24.3 Å². The fraction of sp³-hybridized carbons (Fsp3) is 0.611. The number of benzene rings is 1. The molecule has 1 aliphatic carbocycles. The third-order valence-electron chi connectivity index (χ3n) is 4.09. The molecule has 0 saturated heterocycles. The van der Waals surface area contributed by atoms with Crippen LogP contribution in [0.3, 0.4) is 0 Å². The largest absolute Gasteiger partial charge is 0.479 e. The lowest BCUT2D eigenvalue weighted by atomic mass is 9.71. The molecule has 1 aromatic rings. The van der Waals surface area contributed by atoms with Crippen molar-refractivity contribution in [2.24, 2.45) is 11.3 Å². The summed E-state index contributed by atoms with van der Waals surface area (Å²) in [4.78, 5) is 12.2. The normalized spacial score (nSPS) is 25.3. The predicted molar refractivity (Wildman–Crippen MR) is 83.2 cm³/mol. The van der Waals surface area contributed by atoms with E-state index in [1.165, 1.54) is 24.3 Å². The van der Waals surface area contributed by atoms with Gasteiger partial charge >= 0.3 is 5.97 Å². The summed E-state index contributed by atoms with van der Waals surface area (Å²) in [5.74, 6) is 0.318. The van der Waals surface area contributed by atoms with E-state index >= 15 is 0 Å². The van der Waals surface area contributed by atoms with Gasteiger partial charge < -0.3 is 9.47 Å². The Morgan fingerprint density at radius 3 is 2.50 bits per heavy atom. The average Bonchev–Trinajstić information content (AvgIpc) is 2.38. The molecule has 4 heteroatoms. The third-order valence-corrected chi connectivity index (χ3v) is 4.09. The molecular formula is C18H25FO3. The maximum Gasteiger partial charge on any atom is 0.347 e. The van der Waals surface area contributed by atoms with Crippen molar-refractivity contribution < 1.29 is 18.7 Å². The molecule has 3 nitrogen and oxygen atoms in total. The van der Waals surface area contributed by atoms with E-state index in [-0.39, 0.29) is 23.3 Å². The molecule has 3 unspecified atom stereocenters. The Morgan fingerprint density at radius 1 is 1.27 bits per heavy atom. The minimum Gasteiger partial charge on any atom is -0.479 e. The number of hydrogen-bond donors (Lipinski definition) is 0. The molecule has 0 N–H and O–H groups in total. The Bertz CT molecular complexity index is 510. The first kappa shape index (κ1) is 16.8. The van der Waals surface area contributed by atoms with Crippen molar-refractivity contribution >= 4 is 5.97 Å². The van der Waals surface area contributed by atoms with Crippen LogP contribution in [0.2, 0.25) is 0 Å². The van der Waals surface area contributed by atoms with E-state index in [2.05, 4.69) is 20.8 Å². The Kier molecular flexibility index (Phi) is 5.09. The standard InChI is InChI=1S/C18H25FO3/c1-12-9-16(11-18(3,4)10-12)22-17(20)13(2)21-15-7-5-14(19)6-8-15/h5-8,12-13,16H,9-11H2,1-4H3. The van der Waals surface area contributed by atoms with Crippen LogP contribution in [0.1, 0.15) is 47.0 Å². The summed E-state index contributed by atoms with van der Waals surface area (Å²) in [6.45, 7) is 8.27. The number of rotatable bonds is 4. The van der Waals surface area contributed by atoms with E-state index in [9.17, 15) is 9.18 Å². The lowest BCUT2D eigenvalue weighted by Crippen LogP contribution is -2.37. The van der Waals surface area contributed by atoms with Crippen molar-refractivity contribution in [3.8, 4) is 5.75 Å². The van der Waals surface area contributed by atoms with Crippen LogP contribution in [-0.2, 0) is 9.53 Å². The monoisotopic (exact) mass is 308 g/mol. The summed E-state index contributed by atoms with van der Waals surface area (Å²) in [6.07, 6.45) is 2.18. The maximum absolute atomic E-state index is 12.9. The van der Waals surface area contributed by atoms with E-state index in [1.807, 2.05) is 0 Å². The molecule has 0 aliphatic heterocycles. The molecule has 3 atom stereocenters. The topological polar surface area (TPSA) is 35.5 Å². The molecule has 0 spiro atoms. The fourth-order valence-electron chi connectivity index (χ4n) is 3.37. The van der Waals surface area contributed by atoms with Crippen molar-refractivity contribution in [2.45, 2.75) is 59.2 Å². The van der Waals surface area contributed by atoms with Crippen LogP contribution in [0.5, 0.6) is 5.75 Å². The van der Waals surface area contributed by atoms with Gasteiger partial charge in [0.15, 0.2) is 6.10 Å². The highest BCUT2D eigenvalue weighted by Gasteiger charge is 2.34. The highest BCUT2D eigenvalue weighted by atomic mass is 19.1. The molecule has 0 amide bonds. The summed E-state index contributed by atoms with van der Waals surface area (Å²) in [7, 11) is 0. The molecule has 2 rings (SSSR count). The number of carbonyl (C=O) groups excluding carboxylic acids is 1. The quantitative estimate of drug-likeness (QED) is 0.776. The maximum atomic E-state index is 12.9. The number of carbonyl (C=O) groups is 1. The van der Waals surface area contributed by atoms with Gasteiger partial charge in [0.05, 0.1) is 0 Å². The molecule has 0 bridgehead atoms. The summed E-state index contributed by atoms with van der Waals surface area (Å²) in [6, 6.07) is 5.62. The van der Waals surface area contributed by atoms with E-state index in [0.717, 1.165) is 19.3 Å². The lowest BCUT2D eigenvalue weighted by Gasteiger charge is -2.38. The highest BCUT2D eigenvalue weighted by Crippen LogP contribution is 2.39. The number of hydrogen-bond acceptors (Lipinski definition) is 3. The molecule has 1 aliphatic rings. The molecule has 0 radical (unpaired) electrons. The first-order valence-corrected chi connectivity index (χ1v) is 7.88. The van der Waals surface area contributed by atoms with Gasteiger partial charge in [-0.2, -0.15) is 0 Å². The Morgan fingerprint density at radius 2 is 1.91 bits per heavy atom. The number of esters is 1. The van der Waals surface area contributed by atoms with E-state index in [1.54, 1.807) is 6.92 Å². The summed E-state index contributed by atoms with van der Waals surface area (Å²) in [5, 5.41) is 0. The van der Waals surface area contributed by atoms with Crippen molar-refractivity contribution in [3.63, 3.8) is 0 Å². The minimum atomic E-state index is -0.703. The second-order valence-corrected chi connectivity index (χ2v) is 7.19. The van der Waals surface area contributed by atoms with Crippen LogP contribution in [0.25, 0.3) is 0 Å². The van der Waals surface area contributed by atoms with Crippen LogP contribution >= 0.6 is 0 Å². The van der Waals surface area contributed by atoms with Crippen molar-refractivity contribution in [1.82, 2.24) is 0 Å². The summed E-state index contributed by atoms with van der Waals surface area (Å²) in [5.41, 5.74) is 0.198. The van der Waals surface area contributed by atoms with Gasteiger partial charge in [-0.3, -0.25) is 0 Å². The molecule has 22 heavy (non-hydrogen) atoms. The molecule has 1 saturated carbocycles. The van der Waals surface area contributed by atoms with Gasteiger partial charge in [0, 0.05) is 0 Å². The minimum absolute atomic E-state index is 0.0504. The van der Waals surface area contributed by atoms with E-state index in [4.69, 9.17) is 9.47 Å². The van der Waals surface area contributed by atoms with Gasteiger partial charge in [-0.15, -0.1) is 0 Å². The van der Waals surface area contributed by atoms with Gasteiger partial charge in [0.2, 0.25) is 0 Å². The Hall–Kier alpha value is -1.58. The number of ether oxygens (including phenoxy) is 2. The van der Waals surface area contributed by atoms with Gasteiger partial charge in [0.25, 0.3) is 0 Å². The SMILES string of the molecule is CC1CC(OC(=O)C(C)Oc2ccc(F)cc2)CC(C)(C)C1. The summed E-state index contributed by atoms with van der Waals surface area (Å²) >= 11 is 0. The first-order valence-electron chi connectivity index (χ1n) is 7.88. The molecule has 1 aromatic carbocycles. The zero-order chi connectivity index (χ0) is 16.3. The highest BCUT2D eigenvalue weighted by molar-refractivity contribution is 5.74. The van der Waals surface area contributed by atoms with Crippen LogP contribution in [0, 0.1) is 17.2 Å². The third kappa shape index (κ3) is 4.72. The molecule has 122 valence electrons. The van der Waals surface area contributed by atoms with E-state index in [0.29, 0.717) is 11.7 Å². The van der Waals surface area contributed by atoms with E-state index < -0.39 is 6.10 Å². The predicted octanol–water partition coefficient (Wildman–Crippen LogP) is 4.35. The molecule has 1 fully saturated rings. The van der Waals surface area contributed by atoms with Gasteiger partial charge in [-0.05, 0) is 61.8 Å². The zero-order valence-electron chi connectivity index (χ0n) is 13.8. The Balaban J connectivity index is 1.89. The average molecular weight is 308 g/mol. The van der Waals surface area contributed by atoms with Gasteiger partial charge in [-0.25, -0.2) is 9.18 Å². The van der Waals surface area contributed by atoms with Gasteiger partial charge in [0.1, 0.15) is 17.7 Å². The number of halogens is 1. The first-order chi connectivity index (χ1) is 10.2. The van der Waals surface area contributed by atoms with Crippen molar-refractivity contribution in [1.29, 1.82) is 0 Å². The smallest absolute Gasteiger partial charge is 0.347 e. The second-order valence-electron chi connectivity index (χ2n) is 7.19. The molecule has 0 heterocycles. The van der Waals surface area contributed by atoms with Gasteiger partial charge in [-0.1, -0.05) is 20.8 Å². The van der Waals surface area contributed by atoms with Crippen LogP contribution in [-0.4, -0.2) is 18.2 Å². The zero-order valence-corrected chi connectivity index (χ0v) is 13.8. The molecule has 0 aromatic heterocycles. The summed E-state index contributed by atoms with van der Waals surface area (Å²) < 4.78 is 24.0. The molecular weight excluding hydrogens is 283 g/mol. The second kappa shape index (κ2) is 6.67. The fourth-order valence-corrected chi connectivity index (χ4v) is 3.37. The van der Waals surface area contributed by atoms with Crippen molar-refractivity contribution in [3.05, 3.63) is 30.1 Å². The van der Waals surface area contributed by atoms with Crippen LogP contribution < -0.4 is 4.74 Å². The van der Waals surface area contributed by atoms with Crippen LogP contribution in [0.4, 0.5) is 4.39 Å². The Labute approximate surface area is 131 Å².